The maximum Gasteiger partial charge on any atom is 0.201 e. The number of hydrogen-bond acceptors (Lipinski definition) is 1. The van der Waals surface area contributed by atoms with Crippen molar-refractivity contribution in [2.24, 2.45) is 17.8 Å². The molecule has 0 aromatic heterocycles. The van der Waals surface area contributed by atoms with E-state index in [1.165, 1.54) is 76.9 Å². The highest BCUT2D eigenvalue weighted by molar-refractivity contribution is 5.33. The van der Waals surface area contributed by atoms with Crippen LogP contribution in [-0.2, 0) is 0 Å². The smallest absolute Gasteiger partial charge is 0.201 e. The minimum Gasteiger partial charge on any atom is -0.462 e. The summed E-state index contributed by atoms with van der Waals surface area (Å²) >= 11 is 0. The minimum absolute atomic E-state index is 0.0317. The summed E-state index contributed by atoms with van der Waals surface area (Å²) in [6, 6.07) is 3.31. The van der Waals surface area contributed by atoms with E-state index >= 15 is 0 Å². The molecule has 0 unspecified atom stereocenters. The summed E-state index contributed by atoms with van der Waals surface area (Å²) in [6.45, 7) is 4.06. The number of unbranched alkanes of at least 4 members (excludes halogenated alkanes) is 5. The molecule has 3 heteroatoms. The second-order valence-corrected chi connectivity index (χ2v) is 10.3. The topological polar surface area (TPSA) is 9.23 Å². The van der Waals surface area contributed by atoms with Crippen LogP contribution in [0.15, 0.2) is 24.5 Å². The Hall–Kier alpha value is -1.38. The molecule has 1 aromatic carbocycles. The predicted molar refractivity (Wildman–Crippen MR) is 130 cm³/mol. The summed E-state index contributed by atoms with van der Waals surface area (Å²) in [5, 5.41) is 0. The van der Waals surface area contributed by atoms with Crippen LogP contribution >= 0.6 is 0 Å². The molecular weight excluding hydrogens is 402 g/mol. The van der Waals surface area contributed by atoms with Gasteiger partial charge < -0.3 is 4.74 Å². The lowest BCUT2D eigenvalue weighted by atomic mass is 9.68. The average molecular weight is 447 g/mol. The van der Waals surface area contributed by atoms with E-state index in [2.05, 4.69) is 6.92 Å². The van der Waals surface area contributed by atoms with Crippen LogP contribution in [0.1, 0.15) is 122 Å². The first-order chi connectivity index (χ1) is 15.6. The van der Waals surface area contributed by atoms with E-state index < -0.39 is 11.6 Å². The SMILES string of the molecule is C/C=C\Oc1ccc(C2CCC(C3CCC(CCCCCCCC)CC3)CC2)c(F)c1F. The van der Waals surface area contributed by atoms with Crippen LogP contribution in [0, 0.1) is 29.4 Å². The molecule has 0 amide bonds. The van der Waals surface area contributed by atoms with Gasteiger partial charge in [-0.3, -0.25) is 0 Å². The van der Waals surface area contributed by atoms with Gasteiger partial charge in [-0.1, -0.05) is 76.9 Å². The number of allylic oxidation sites excluding steroid dienone is 1. The van der Waals surface area contributed by atoms with Crippen molar-refractivity contribution >= 4 is 0 Å². The van der Waals surface area contributed by atoms with Gasteiger partial charge in [0.05, 0.1) is 6.26 Å². The van der Waals surface area contributed by atoms with Crippen LogP contribution in [0.5, 0.6) is 5.75 Å². The Balaban J connectivity index is 1.40. The highest BCUT2D eigenvalue weighted by Gasteiger charge is 2.32. The summed E-state index contributed by atoms with van der Waals surface area (Å²) in [4.78, 5) is 0. The Kier molecular flexibility index (Phi) is 10.5. The van der Waals surface area contributed by atoms with Crippen molar-refractivity contribution in [2.45, 2.75) is 116 Å². The van der Waals surface area contributed by atoms with Gasteiger partial charge in [-0.2, -0.15) is 4.39 Å². The summed E-state index contributed by atoms with van der Waals surface area (Å²) in [5.74, 6) is 1.13. The van der Waals surface area contributed by atoms with E-state index in [0.29, 0.717) is 5.56 Å². The third-order valence-electron chi connectivity index (χ3n) is 8.14. The zero-order valence-electron chi connectivity index (χ0n) is 20.4. The monoisotopic (exact) mass is 446 g/mol. The Bertz CT molecular complexity index is 697. The molecule has 0 bridgehead atoms. The molecule has 180 valence electrons. The zero-order valence-corrected chi connectivity index (χ0v) is 20.4. The number of rotatable bonds is 11. The molecule has 0 radical (unpaired) electrons. The van der Waals surface area contributed by atoms with Crippen molar-refractivity contribution in [3.05, 3.63) is 41.7 Å². The van der Waals surface area contributed by atoms with Crippen molar-refractivity contribution < 1.29 is 13.5 Å². The molecule has 3 rings (SSSR count). The molecule has 2 aliphatic carbocycles. The molecule has 0 N–H and O–H groups in total. The molecule has 1 nitrogen and oxygen atoms in total. The van der Waals surface area contributed by atoms with E-state index in [0.717, 1.165) is 43.4 Å². The highest BCUT2D eigenvalue weighted by atomic mass is 19.2. The molecular formula is C29H44F2O. The molecule has 0 atom stereocenters. The van der Waals surface area contributed by atoms with Gasteiger partial charge >= 0.3 is 0 Å². The number of hydrogen-bond donors (Lipinski definition) is 0. The fraction of sp³-hybridized carbons (Fsp3) is 0.724. The summed E-state index contributed by atoms with van der Waals surface area (Å²) in [5.41, 5.74) is 0.538. The van der Waals surface area contributed by atoms with Crippen molar-refractivity contribution in [2.75, 3.05) is 0 Å². The maximum atomic E-state index is 14.7. The first-order valence-electron chi connectivity index (χ1n) is 13.4. The lowest BCUT2D eigenvalue weighted by Gasteiger charge is -2.38. The third-order valence-corrected chi connectivity index (χ3v) is 8.14. The molecule has 2 fully saturated rings. The summed E-state index contributed by atoms with van der Waals surface area (Å²) in [7, 11) is 0. The Morgan fingerprint density at radius 3 is 2.09 bits per heavy atom. The van der Waals surface area contributed by atoms with Gasteiger partial charge in [0.2, 0.25) is 5.82 Å². The lowest BCUT2D eigenvalue weighted by molar-refractivity contribution is 0.155. The van der Waals surface area contributed by atoms with Gasteiger partial charge in [0.1, 0.15) is 0 Å². The van der Waals surface area contributed by atoms with Crippen molar-refractivity contribution in [3.63, 3.8) is 0 Å². The molecule has 0 spiro atoms. The van der Waals surface area contributed by atoms with Gasteiger partial charge in [-0.25, -0.2) is 4.39 Å². The first kappa shape index (κ1) is 25.2. The second kappa shape index (κ2) is 13.4. The van der Waals surface area contributed by atoms with Gasteiger partial charge in [0.15, 0.2) is 11.6 Å². The second-order valence-electron chi connectivity index (χ2n) is 10.3. The number of benzene rings is 1. The van der Waals surface area contributed by atoms with Gasteiger partial charge in [-0.05, 0) is 80.8 Å². The van der Waals surface area contributed by atoms with Crippen LogP contribution in [0.2, 0.25) is 0 Å². The summed E-state index contributed by atoms with van der Waals surface area (Å²) < 4.78 is 34.2. The van der Waals surface area contributed by atoms with E-state index in [1.54, 1.807) is 25.1 Å². The largest absolute Gasteiger partial charge is 0.462 e. The lowest BCUT2D eigenvalue weighted by Crippen LogP contribution is -2.25. The number of halogens is 2. The third kappa shape index (κ3) is 7.06. The van der Waals surface area contributed by atoms with E-state index in [9.17, 15) is 8.78 Å². The standard InChI is InChI=1S/C29H44F2O/c1-3-5-6-7-8-9-10-22-11-13-23(14-12-22)24-15-17-25(18-16-24)26-19-20-27(32-21-4-2)29(31)28(26)30/h4,19-25H,3,5-18H2,1-2H3/b21-4-. The van der Waals surface area contributed by atoms with E-state index in [-0.39, 0.29) is 11.7 Å². The Morgan fingerprint density at radius 2 is 1.44 bits per heavy atom. The molecule has 0 aliphatic heterocycles. The minimum atomic E-state index is -0.855. The fourth-order valence-corrected chi connectivity index (χ4v) is 6.16. The van der Waals surface area contributed by atoms with Crippen LogP contribution in [0.3, 0.4) is 0 Å². The predicted octanol–water partition coefficient (Wildman–Crippen LogP) is 9.71. The van der Waals surface area contributed by atoms with Crippen LogP contribution < -0.4 is 4.74 Å². The molecule has 32 heavy (non-hydrogen) atoms. The molecule has 2 aliphatic rings. The van der Waals surface area contributed by atoms with Crippen molar-refractivity contribution in [3.8, 4) is 5.75 Å². The maximum absolute atomic E-state index is 14.7. The normalized spacial score (nSPS) is 26.5. The first-order valence-corrected chi connectivity index (χ1v) is 13.4. The van der Waals surface area contributed by atoms with E-state index in [1.807, 2.05) is 0 Å². The molecule has 1 aromatic rings. The molecule has 0 heterocycles. The van der Waals surface area contributed by atoms with Gasteiger partial charge in [0, 0.05) is 0 Å². The average Bonchev–Trinajstić information content (AvgIpc) is 2.83. The van der Waals surface area contributed by atoms with Gasteiger partial charge in [0.25, 0.3) is 0 Å². The fourth-order valence-electron chi connectivity index (χ4n) is 6.16. The quantitative estimate of drug-likeness (QED) is 0.243. The van der Waals surface area contributed by atoms with Crippen LogP contribution in [-0.4, -0.2) is 0 Å². The Morgan fingerprint density at radius 1 is 0.812 bits per heavy atom. The van der Waals surface area contributed by atoms with Crippen molar-refractivity contribution in [1.82, 2.24) is 0 Å². The molecule has 0 saturated heterocycles. The number of ether oxygens (including phenoxy) is 1. The Labute approximate surface area is 195 Å². The highest BCUT2D eigenvalue weighted by Crippen LogP contribution is 2.45. The van der Waals surface area contributed by atoms with E-state index in [4.69, 9.17) is 4.74 Å². The zero-order chi connectivity index (χ0) is 22.8. The molecule has 2 saturated carbocycles. The van der Waals surface area contributed by atoms with Crippen molar-refractivity contribution in [1.29, 1.82) is 0 Å². The van der Waals surface area contributed by atoms with Gasteiger partial charge in [-0.15, -0.1) is 0 Å². The van der Waals surface area contributed by atoms with Crippen LogP contribution in [0.25, 0.3) is 0 Å². The summed E-state index contributed by atoms with van der Waals surface area (Å²) in [6.07, 6.45) is 22.7. The van der Waals surface area contributed by atoms with Crippen LogP contribution in [0.4, 0.5) is 8.78 Å².